The topological polar surface area (TPSA) is 67.2 Å². The van der Waals surface area contributed by atoms with Crippen molar-refractivity contribution in [2.45, 2.75) is 98.0 Å². The fourth-order valence-electron chi connectivity index (χ4n) is 8.33. The minimum Gasteiger partial charge on any atom is -0.447 e. The van der Waals surface area contributed by atoms with Crippen molar-refractivity contribution in [3.05, 3.63) is 11.6 Å². The van der Waals surface area contributed by atoms with Crippen LogP contribution < -0.4 is 0 Å². The Morgan fingerprint density at radius 3 is 2.68 bits per heavy atom. The molecule has 3 fully saturated rings. The number of ether oxygens (including phenoxy) is 1. The number of rotatable bonds is 5. The number of fused-ring (bicyclic) bond motifs is 5. The van der Waals surface area contributed by atoms with Crippen molar-refractivity contribution in [3.8, 4) is 6.07 Å². The zero-order chi connectivity index (χ0) is 22.4. The highest BCUT2D eigenvalue weighted by atomic mass is 16.5. The third-order valence-electron chi connectivity index (χ3n) is 9.99. The first-order valence-electron chi connectivity index (χ1n) is 12.6. The molecule has 4 aliphatic rings. The molecule has 4 nitrogen and oxygen atoms in total. The Kier molecular flexibility index (Phi) is 6.10. The normalized spacial score (nSPS) is 41.1. The molecule has 0 aromatic heterocycles. The number of nitrogens with zero attached hydrogens (tertiary/aromatic N) is 1. The van der Waals surface area contributed by atoms with Gasteiger partial charge in [0.2, 0.25) is 0 Å². The zero-order valence-corrected chi connectivity index (χ0v) is 19.8. The van der Waals surface area contributed by atoms with Crippen LogP contribution in [0.15, 0.2) is 11.6 Å². The molecule has 170 valence electrons. The second-order valence-electron chi connectivity index (χ2n) is 11.3. The standard InChI is InChI=1S/C27H39NO3/c1-5-6-25(30)31-24(16-28)17(2)21-9-10-22-20-8-7-18-15-19(29)11-13-26(18,3)23(20)12-14-27(21,22)4/h15,17,20-24H,5-14H2,1-4H3/t17-,20-,21+,22-,23-,24+,26-,27+/m0/s1. The Hall–Kier alpha value is -1.63. The fourth-order valence-corrected chi connectivity index (χ4v) is 8.33. The van der Waals surface area contributed by atoms with Gasteiger partial charge in [-0.15, -0.1) is 0 Å². The van der Waals surface area contributed by atoms with E-state index in [1.165, 1.54) is 31.3 Å². The lowest BCUT2D eigenvalue weighted by atomic mass is 9.46. The molecule has 0 spiro atoms. The molecule has 4 rings (SSSR count). The second-order valence-corrected chi connectivity index (χ2v) is 11.3. The molecule has 0 amide bonds. The number of hydrogen-bond donors (Lipinski definition) is 0. The van der Waals surface area contributed by atoms with E-state index in [0.717, 1.165) is 31.6 Å². The zero-order valence-electron chi connectivity index (χ0n) is 19.8. The first kappa shape index (κ1) is 22.6. The quantitative estimate of drug-likeness (QED) is 0.506. The van der Waals surface area contributed by atoms with Crippen LogP contribution in [0.25, 0.3) is 0 Å². The predicted octanol–water partition coefficient (Wildman–Crippen LogP) is 6.01. The third-order valence-corrected chi connectivity index (χ3v) is 9.99. The summed E-state index contributed by atoms with van der Waals surface area (Å²) in [4.78, 5) is 24.1. The first-order chi connectivity index (χ1) is 14.7. The second kappa shape index (κ2) is 8.38. The van der Waals surface area contributed by atoms with Crippen LogP contribution in [0.4, 0.5) is 0 Å². The van der Waals surface area contributed by atoms with E-state index in [2.05, 4.69) is 26.8 Å². The molecule has 0 N–H and O–H groups in total. The van der Waals surface area contributed by atoms with Gasteiger partial charge in [0.25, 0.3) is 0 Å². The molecule has 0 aromatic rings. The highest BCUT2D eigenvalue weighted by Crippen LogP contribution is 2.67. The summed E-state index contributed by atoms with van der Waals surface area (Å²) in [6, 6.07) is 2.30. The molecule has 8 atom stereocenters. The molecule has 31 heavy (non-hydrogen) atoms. The van der Waals surface area contributed by atoms with Crippen molar-refractivity contribution < 1.29 is 14.3 Å². The number of nitriles is 1. The van der Waals surface area contributed by atoms with E-state index in [4.69, 9.17) is 4.74 Å². The van der Waals surface area contributed by atoms with Gasteiger partial charge >= 0.3 is 5.97 Å². The van der Waals surface area contributed by atoms with Gasteiger partial charge in [0.05, 0.1) is 0 Å². The van der Waals surface area contributed by atoms with Crippen LogP contribution in [0.3, 0.4) is 0 Å². The maximum Gasteiger partial charge on any atom is 0.307 e. The van der Waals surface area contributed by atoms with Gasteiger partial charge in [-0.25, -0.2) is 0 Å². The molecule has 4 aliphatic carbocycles. The fraction of sp³-hybridized carbons (Fsp3) is 0.815. The lowest BCUT2D eigenvalue weighted by Crippen LogP contribution is -2.51. The largest absolute Gasteiger partial charge is 0.447 e. The van der Waals surface area contributed by atoms with Crippen LogP contribution in [-0.2, 0) is 14.3 Å². The van der Waals surface area contributed by atoms with E-state index in [0.29, 0.717) is 36.4 Å². The number of ketones is 1. The number of esters is 1. The molecule has 0 saturated heterocycles. The summed E-state index contributed by atoms with van der Waals surface area (Å²) in [5.74, 6) is 2.66. The molecular weight excluding hydrogens is 386 g/mol. The summed E-state index contributed by atoms with van der Waals surface area (Å²) in [5.41, 5.74) is 1.84. The molecule has 3 saturated carbocycles. The van der Waals surface area contributed by atoms with Crippen molar-refractivity contribution in [2.75, 3.05) is 0 Å². The van der Waals surface area contributed by atoms with Crippen LogP contribution in [-0.4, -0.2) is 17.9 Å². The summed E-state index contributed by atoms with van der Waals surface area (Å²) in [7, 11) is 0. The molecule has 0 unspecified atom stereocenters. The summed E-state index contributed by atoms with van der Waals surface area (Å²) in [6.45, 7) is 8.98. The number of hydrogen-bond acceptors (Lipinski definition) is 4. The van der Waals surface area contributed by atoms with Crippen LogP contribution in [0.2, 0.25) is 0 Å². The van der Waals surface area contributed by atoms with Gasteiger partial charge in [-0.05, 0) is 91.9 Å². The van der Waals surface area contributed by atoms with Crippen LogP contribution in [0.5, 0.6) is 0 Å². The highest BCUT2D eigenvalue weighted by molar-refractivity contribution is 5.91. The average Bonchev–Trinajstić information content (AvgIpc) is 3.09. The number of carbonyl (C=O) groups excluding carboxylic acids is 2. The maximum atomic E-state index is 12.1. The van der Waals surface area contributed by atoms with Gasteiger partial charge < -0.3 is 4.74 Å². The molecule has 0 heterocycles. The minimum atomic E-state index is -0.639. The van der Waals surface area contributed by atoms with Gasteiger partial charge in [-0.3, -0.25) is 9.59 Å². The molecule has 0 bridgehead atoms. The van der Waals surface area contributed by atoms with Crippen molar-refractivity contribution in [1.29, 1.82) is 5.26 Å². The summed E-state index contributed by atoms with van der Waals surface area (Å²) in [6.07, 6.45) is 11.2. The SMILES string of the molecule is CCCC(=O)O[C@H](C#N)[C@@H](C)[C@H]1CC[C@H]2[C@@H]3CCC4=CC(=O)CC[C@]4(C)[C@H]3CC[C@]12C. The van der Waals surface area contributed by atoms with Crippen molar-refractivity contribution in [2.24, 2.45) is 40.4 Å². The van der Waals surface area contributed by atoms with Crippen molar-refractivity contribution >= 4 is 11.8 Å². The van der Waals surface area contributed by atoms with Gasteiger partial charge in [0.15, 0.2) is 11.9 Å². The predicted molar refractivity (Wildman–Crippen MR) is 120 cm³/mol. The molecular formula is C27H39NO3. The van der Waals surface area contributed by atoms with E-state index in [1.807, 2.05) is 13.0 Å². The molecule has 4 heteroatoms. The van der Waals surface area contributed by atoms with E-state index in [-0.39, 0.29) is 22.7 Å². The molecule has 0 radical (unpaired) electrons. The van der Waals surface area contributed by atoms with Gasteiger partial charge in [-0.2, -0.15) is 5.26 Å². The summed E-state index contributed by atoms with van der Waals surface area (Å²) in [5, 5.41) is 9.77. The van der Waals surface area contributed by atoms with Crippen LogP contribution >= 0.6 is 0 Å². The Labute approximate surface area is 187 Å². The van der Waals surface area contributed by atoms with Crippen LogP contribution in [0, 0.1) is 51.8 Å². The van der Waals surface area contributed by atoms with Crippen molar-refractivity contribution in [3.63, 3.8) is 0 Å². The lowest BCUT2D eigenvalue weighted by Gasteiger charge is -2.58. The Bertz CT molecular complexity index is 810. The Morgan fingerprint density at radius 1 is 1.19 bits per heavy atom. The average molecular weight is 426 g/mol. The minimum absolute atomic E-state index is 0.0688. The van der Waals surface area contributed by atoms with E-state index in [1.54, 1.807) is 0 Å². The Morgan fingerprint density at radius 2 is 1.97 bits per heavy atom. The third kappa shape index (κ3) is 3.66. The van der Waals surface area contributed by atoms with Gasteiger partial charge in [0, 0.05) is 18.8 Å². The van der Waals surface area contributed by atoms with E-state index >= 15 is 0 Å². The van der Waals surface area contributed by atoms with E-state index < -0.39 is 6.10 Å². The monoisotopic (exact) mass is 425 g/mol. The smallest absolute Gasteiger partial charge is 0.307 e. The number of allylic oxidation sites excluding steroid dienone is 1. The molecule has 0 aromatic carbocycles. The lowest BCUT2D eigenvalue weighted by molar-refractivity contribution is -0.150. The summed E-state index contributed by atoms with van der Waals surface area (Å²) >= 11 is 0. The number of carbonyl (C=O) groups is 2. The molecule has 0 aliphatic heterocycles. The van der Waals surface area contributed by atoms with Gasteiger partial charge in [0.1, 0.15) is 6.07 Å². The van der Waals surface area contributed by atoms with Crippen LogP contribution in [0.1, 0.15) is 91.9 Å². The summed E-state index contributed by atoms with van der Waals surface area (Å²) < 4.78 is 5.60. The van der Waals surface area contributed by atoms with Crippen molar-refractivity contribution in [1.82, 2.24) is 0 Å². The Balaban J connectivity index is 1.53. The van der Waals surface area contributed by atoms with E-state index in [9.17, 15) is 14.9 Å². The van der Waals surface area contributed by atoms with Gasteiger partial charge in [-0.1, -0.05) is 33.3 Å². The first-order valence-corrected chi connectivity index (χ1v) is 12.6. The highest BCUT2D eigenvalue weighted by Gasteiger charge is 2.60. The maximum absolute atomic E-state index is 12.1.